The van der Waals surface area contributed by atoms with Crippen LogP contribution < -0.4 is 0 Å². The molecular formula is C16H25N3O3. The number of aromatic nitrogens is 1. The predicted molar refractivity (Wildman–Crippen MR) is 81.3 cm³/mol. The summed E-state index contributed by atoms with van der Waals surface area (Å²) in [4.78, 5) is 15.8. The van der Waals surface area contributed by atoms with Crippen LogP contribution in [0, 0.1) is 19.8 Å². The first kappa shape index (κ1) is 15.5. The van der Waals surface area contributed by atoms with Gasteiger partial charge in [-0.3, -0.25) is 9.69 Å². The van der Waals surface area contributed by atoms with Crippen LogP contribution in [0.15, 0.2) is 4.52 Å². The van der Waals surface area contributed by atoms with E-state index in [-0.39, 0.29) is 18.1 Å². The summed E-state index contributed by atoms with van der Waals surface area (Å²) in [5.41, 5.74) is 2.17. The van der Waals surface area contributed by atoms with Crippen LogP contribution in [0.25, 0.3) is 0 Å². The molecule has 0 N–H and O–H groups in total. The van der Waals surface area contributed by atoms with E-state index in [0.29, 0.717) is 12.3 Å². The van der Waals surface area contributed by atoms with Crippen molar-refractivity contribution in [2.75, 3.05) is 27.2 Å². The van der Waals surface area contributed by atoms with E-state index in [1.54, 1.807) is 19.0 Å². The Labute approximate surface area is 131 Å². The Morgan fingerprint density at radius 2 is 2.14 bits per heavy atom. The lowest BCUT2D eigenvalue weighted by molar-refractivity contribution is -0.131. The smallest absolute Gasteiger partial charge is 0.224 e. The second-order valence-corrected chi connectivity index (χ2v) is 6.78. The average molecular weight is 307 g/mol. The van der Waals surface area contributed by atoms with Crippen molar-refractivity contribution in [2.45, 2.75) is 45.4 Å². The van der Waals surface area contributed by atoms with Gasteiger partial charge in [-0.05, 0) is 20.3 Å². The van der Waals surface area contributed by atoms with E-state index in [1.807, 2.05) is 13.8 Å². The number of likely N-dealkylation sites (tertiary alicyclic amines) is 1. The molecule has 22 heavy (non-hydrogen) atoms. The van der Waals surface area contributed by atoms with Crippen LogP contribution in [-0.4, -0.2) is 60.3 Å². The molecule has 1 amide bonds. The molecule has 0 radical (unpaired) electrons. The zero-order chi connectivity index (χ0) is 15.9. The van der Waals surface area contributed by atoms with E-state index in [2.05, 4.69) is 10.1 Å². The van der Waals surface area contributed by atoms with E-state index < -0.39 is 0 Å². The summed E-state index contributed by atoms with van der Waals surface area (Å²) in [7, 11) is 3.59. The number of carbonyl (C=O) groups is 1. The summed E-state index contributed by atoms with van der Waals surface area (Å²) in [5.74, 6) is 1.60. The summed E-state index contributed by atoms with van der Waals surface area (Å²) in [6.45, 7) is 6.79. The highest BCUT2D eigenvalue weighted by Gasteiger charge is 2.42. The lowest BCUT2D eigenvalue weighted by atomic mass is 10.0. The molecule has 6 nitrogen and oxygen atoms in total. The minimum Gasteiger partial charge on any atom is -0.373 e. The maximum absolute atomic E-state index is 11.8. The number of hydrogen-bond donors (Lipinski definition) is 0. The van der Waals surface area contributed by atoms with Crippen LogP contribution in [0.3, 0.4) is 0 Å². The van der Waals surface area contributed by atoms with E-state index in [1.165, 1.54) is 5.56 Å². The fraction of sp³-hybridized carbons (Fsp3) is 0.750. The molecule has 6 heteroatoms. The zero-order valence-corrected chi connectivity index (χ0v) is 13.8. The Hall–Kier alpha value is -1.40. The first-order valence-corrected chi connectivity index (χ1v) is 7.93. The van der Waals surface area contributed by atoms with Crippen molar-refractivity contribution < 1.29 is 14.1 Å². The van der Waals surface area contributed by atoms with Gasteiger partial charge in [-0.2, -0.15) is 0 Å². The van der Waals surface area contributed by atoms with Gasteiger partial charge >= 0.3 is 0 Å². The van der Waals surface area contributed by atoms with Gasteiger partial charge in [-0.1, -0.05) is 5.16 Å². The molecule has 0 aromatic carbocycles. The first-order chi connectivity index (χ1) is 10.4. The SMILES string of the molecule is Cc1noc(C)c1CN1C[C@@H]2C[C@@H](CC(=O)N(C)C)O[C@@H]2C1. The van der Waals surface area contributed by atoms with Gasteiger partial charge in [0.2, 0.25) is 5.91 Å². The van der Waals surface area contributed by atoms with Gasteiger partial charge in [0.05, 0.1) is 24.3 Å². The summed E-state index contributed by atoms with van der Waals surface area (Å²) < 4.78 is 11.3. The van der Waals surface area contributed by atoms with Crippen LogP contribution >= 0.6 is 0 Å². The summed E-state index contributed by atoms with van der Waals surface area (Å²) in [6, 6.07) is 0. The molecule has 1 aromatic rings. The highest BCUT2D eigenvalue weighted by molar-refractivity contribution is 5.76. The first-order valence-electron chi connectivity index (χ1n) is 7.93. The molecule has 2 fully saturated rings. The number of nitrogens with zero attached hydrogens (tertiary/aromatic N) is 3. The van der Waals surface area contributed by atoms with Gasteiger partial charge in [0.25, 0.3) is 0 Å². The summed E-state index contributed by atoms with van der Waals surface area (Å²) >= 11 is 0. The number of fused-ring (bicyclic) bond motifs is 1. The Morgan fingerprint density at radius 1 is 1.36 bits per heavy atom. The second-order valence-electron chi connectivity index (χ2n) is 6.78. The van der Waals surface area contributed by atoms with Gasteiger partial charge in [0.15, 0.2) is 0 Å². The van der Waals surface area contributed by atoms with Crippen LogP contribution in [0.2, 0.25) is 0 Å². The molecule has 0 unspecified atom stereocenters. The lowest BCUT2D eigenvalue weighted by Gasteiger charge is -2.19. The largest absolute Gasteiger partial charge is 0.373 e. The molecule has 2 aliphatic rings. The maximum Gasteiger partial charge on any atom is 0.224 e. The Morgan fingerprint density at radius 3 is 2.73 bits per heavy atom. The standard InChI is InChI=1S/C16H25N3O3/c1-10-14(11(2)22-17-10)8-19-7-12-5-13(21-15(12)9-19)6-16(20)18(3)4/h12-13,15H,5-9H2,1-4H3/t12-,13-,15+/m0/s1. The number of aryl methyl sites for hydroxylation is 2. The van der Waals surface area contributed by atoms with Crippen LogP contribution in [0.1, 0.15) is 29.9 Å². The van der Waals surface area contributed by atoms with Crippen molar-refractivity contribution in [1.82, 2.24) is 15.0 Å². The van der Waals surface area contributed by atoms with E-state index >= 15 is 0 Å². The lowest BCUT2D eigenvalue weighted by Crippen LogP contribution is -2.29. The zero-order valence-electron chi connectivity index (χ0n) is 13.8. The monoisotopic (exact) mass is 307 g/mol. The maximum atomic E-state index is 11.8. The van der Waals surface area contributed by atoms with Gasteiger partial charge < -0.3 is 14.2 Å². The van der Waals surface area contributed by atoms with E-state index in [0.717, 1.165) is 37.5 Å². The fourth-order valence-corrected chi connectivity index (χ4v) is 3.54. The van der Waals surface area contributed by atoms with Crippen molar-refractivity contribution >= 4 is 5.91 Å². The Kier molecular flexibility index (Phi) is 4.23. The summed E-state index contributed by atoms with van der Waals surface area (Å²) in [5, 5.41) is 4.02. The molecule has 3 rings (SSSR count). The van der Waals surface area contributed by atoms with Crippen LogP contribution in [0.5, 0.6) is 0 Å². The fourth-order valence-electron chi connectivity index (χ4n) is 3.54. The molecule has 3 atom stereocenters. The third-order valence-corrected chi connectivity index (χ3v) is 4.85. The third kappa shape index (κ3) is 3.03. The molecule has 0 saturated carbocycles. The number of amides is 1. The van der Waals surface area contributed by atoms with E-state index in [9.17, 15) is 4.79 Å². The number of carbonyl (C=O) groups excluding carboxylic acids is 1. The van der Waals surface area contributed by atoms with Gasteiger partial charge in [0.1, 0.15) is 5.76 Å². The normalized spacial score (nSPS) is 28.1. The highest BCUT2D eigenvalue weighted by Crippen LogP contribution is 2.35. The highest BCUT2D eigenvalue weighted by atomic mass is 16.5. The topological polar surface area (TPSA) is 58.8 Å². The van der Waals surface area contributed by atoms with E-state index in [4.69, 9.17) is 9.26 Å². The molecule has 0 bridgehead atoms. The van der Waals surface area contributed by atoms with Crippen LogP contribution in [0.4, 0.5) is 0 Å². The van der Waals surface area contributed by atoms with Crippen molar-refractivity contribution in [1.29, 1.82) is 0 Å². The van der Waals surface area contributed by atoms with Crippen molar-refractivity contribution in [3.8, 4) is 0 Å². The molecule has 3 heterocycles. The molecule has 0 aliphatic carbocycles. The van der Waals surface area contributed by atoms with Crippen molar-refractivity contribution in [3.63, 3.8) is 0 Å². The average Bonchev–Trinajstić information content (AvgIpc) is 3.07. The quantitative estimate of drug-likeness (QED) is 0.840. The number of rotatable bonds is 4. The van der Waals surface area contributed by atoms with Crippen molar-refractivity contribution in [3.05, 3.63) is 17.0 Å². The molecular weight excluding hydrogens is 282 g/mol. The van der Waals surface area contributed by atoms with Crippen LogP contribution in [-0.2, 0) is 16.1 Å². The second kappa shape index (κ2) is 6.01. The molecule has 122 valence electrons. The number of ether oxygens (including phenoxy) is 1. The molecule has 0 spiro atoms. The minimum absolute atomic E-state index is 0.0890. The minimum atomic E-state index is 0.0890. The Balaban J connectivity index is 1.53. The van der Waals surface area contributed by atoms with Gasteiger partial charge in [0, 0.05) is 45.2 Å². The molecule has 2 aliphatic heterocycles. The summed E-state index contributed by atoms with van der Waals surface area (Å²) in [6.07, 6.45) is 1.85. The molecule has 1 aromatic heterocycles. The van der Waals surface area contributed by atoms with Gasteiger partial charge in [-0.15, -0.1) is 0 Å². The Bertz CT molecular complexity index is 521. The molecule has 2 saturated heterocycles. The van der Waals surface area contributed by atoms with Gasteiger partial charge in [-0.25, -0.2) is 0 Å². The number of hydrogen-bond acceptors (Lipinski definition) is 5. The van der Waals surface area contributed by atoms with Crippen molar-refractivity contribution in [2.24, 2.45) is 5.92 Å². The third-order valence-electron chi connectivity index (χ3n) is 4.85. The predicted octanol–water partition coefficient (Wildman–Crippen LogP) is 1.36.